The Morgan fingerprint density at radius 3 is 2.12 bits per heavy atom. The molecule has 0 aliphatic carbocycles. The molecular weight excluding hydrogens is 354 g/mol. The molecule has 0 saturated heterocycles. The van der Waals surface area contributed by atoms with Crippen molar-refractivity contribution in [1.29, 1.82) is 0 Å². The summed E-state index contributed by atoms with van der Waals surface area (Å²) in [6, 6.07) is 17.1. The van der Waals surface area contributed by atoms with Crippen molar-refractivity contribution < 1.29 is 37.2 Å². The third kappa shape index (κ3) is 5.95. The molecule has 0 radical (unpaired) electrons. The van der Waals surface area contributed by atoms with Crippen molar-refractivity contribution in [2.24, 2.45) is 0 Å². The van der Waals surface area contributed by atoms with E-state index >= 15 is 0 Å². The van der Waals surface area contributed by atoms with Crippen molar-refractivity contribution in [3.63, 3.8) is 0 Å². The number of ether oxygens (including phenoxy) is 1. The highest BCUT2D eigenvalue weighted by Crippen LogP contribution is 2.14. The fourth-order valence-corrected chi connectivity index (χ4v) is 2.75. The molecule has 26 heavy (non-hydrogen) atoms. The van der Waals surface area contributed by atoms with E-state index in [-0.39, 0.29) is 30.7 Å². The first-order valence-corrected chi connectivity index (χ1v) is 8.27. The van der Waals surface area contributed by atoms with Gasteiger partial charge in [0, 0.05) is 5.56 Å². The second-order valence-electron chi connectivity index (χ2n) is 6.03. The van der Waals surface area contributed by atoms with Gasteiger partial charge in [-0.1, -0.05) is 60.7 Å². The number of quaternary nitrogens is 1. The Labute approximate surface area is 159 Å². The average molecular weight is 378 g/mol. The topological polar surface area (TPSA) is 80.2 Å². The van der Waals surface area contributed by atoms with Gasteiger partial charge in [-0.25, -0.2) is 4.79 Å². The fraction of sp³-hybridized carbons (Fsp3) is 0.300. The van der Waals surface area contributed by atoms with Crippen LogP contribution in [0.2, 0.25) is 0 Å². The predicted molar refractivity (Wildman–Crippen MR) is 94.0 cm³/mol. The molecule has 0 bridgehead atoms. The number of methoxy groups -OCH3 is 1. The minimum Gasteiger partial charge on any atom is -1.00 e. The van der Waals surface area contributed by atoms with Crippen LogP contribution in [0.5, 0.6) is 0 Å². The van der Waals surface area contributed by atoms with E-state index in [0.29, 0.717) is 5.56 Å². The Hall–Kier alpha value is -2.21. The molecule has 3 N–H and O–H groups in total. The molecule has 0 aliphatic heterocycles. The summed E-state index contributed by atoms with van der Waals surface area (Å²) in [5, 5.41) is 12.2. The predicted octanol–water partition coefficient (Wildman–Crippen LogP) is -1.51. The monoisotopic (exact) mass is 377 g/mol. The number of carbonyl (C=O) groups excluding carboxylic acids is 2. The Morgan fingerprint density at radius 2 is 1.58 bits per heavy atom. The van der Waals surface area contributed by atoms with Crippen LogP contribution in [0.1, 0.15) is 35.4 Å². The van der Waals surface area contributed by atoms with Crippen LogP contribution in [0.4, 0.5) is 0 Å². The first kappa shape index (κ1) is 21.8. The van der Waals surface area contributed by atoms with Gasteiger partial charge in [0.2, 0.25) is 0 Å². The van der Waals surface area contributed by atoms with Gasteiger partial charge in [-0.3, -0.25) is 4.79 Å². The van der Waals surface area contributed by atoms with E-state index in [1.807, 2.05) is 43.3 Å². The number of halogens is 1. The smallest absolute Gasteiger partial charge is 0.365 e. The van der Waals surface area contributed by atoms with E-state index < -0.39 is 18.1 Å². The number of benzene rings is 2. The van der Waals surface area contributed by atoms with E-state index in [1.165, 1.54) is 7.11 Å². The molecule has 140 valence electrons. The summed E-state index contributed by atoms with van der Waals surface area (Å²) in [5.41, 5.74) is 1.32. The first-order chi connectivity index (χ1) is 12.0. The van der Waals surface area contributed by atoms with Gasteiger partial charge in [0.25, 0.3) is 0 Å². The first-order valence-electron chi connectivity index (χ1n) is 8.27. The van der Waals surface area contributed by atoms with Crippen LogP contribution >= 0.6 is 0 Å². The summed E-state index contributed by atoms with van der Waals surface area (Å²) in [5.74, 6) is -0.606. The molecule has 6 heteroatoms. The molecule has 2 rings (SSSR count). The standard InChI is InChI=1S/C20H23NO4.ClH/c1-14(19(23)16-11-7-4-8-12-16)21-17(20(24)25-2)13-18(22)15-9-5-3-6-10-15;/h3-12,14,17,19,21,23H,13H2,1-2H3;1H. The Morgan fingerprint density at radius 1 is 1.04 bits per heavy atom. The number of Topliss-reactive ketones (excluding diaryl/α,β-unsaturated/α-hetero) is 1. The van der Waals surface area contributed by atoms with Crippen molar-refractivity contribution in [2.45, 2.75) is 31.5 Å². The average Bonchev–Trinajstić information content (AvgIpc) is 2.67. The van der Waals surface area contributed by atoms with E-state index in [2.05, 4.69) is 0 Å². The summed E-state index contributed by atoms with van der Waals surface area (Å²) in [4.78, 5) is 24.5. The van der Waals surface area contributed by atoms with E-state index in [1.54, 1.807) is 29.6 Å². The number of hydrogen-bond acceptors (Lipinski definition) is 4. The Balaban J connectivity index is 0.00000338. The minimum absolute atomic E-state index is 0. The van der Waals surface area contributed by atoms with Crippen LogP contribution in [0.15, 0.2) is 60.7 Å². The molecule has 0 aliphatic rings. The van der Waals surface area contributed by atoms with Crippen LogP contribution in [-0.4, -0.2) is 36.1 Å². The van der Waals surface area contributed by atoms with Gasteiger partial charge in [-0.15, -0.1) is 0 Å². The van der Waals surface area contributed by atoms with Crippen LogP contribution < -0.4 is 17.7 Å². The molecule has 0 fully saturated rings. The molecule has 3 unspecified atom stereocenters. The SMILES string of the molecule is COC(=O)C(CC(=O)c1ccccc1)[NH2+]C(C)C(O)c1ccccc1.[Cl-]. The van der Waals surface area contributed by atoms with Crippen molar-refractivity contribution >= 4 is 11.8 Å². The quantitative estimate of drug-likeness (QED) is 0.433. The zero-order valence-electron chi connectivity index (χ0n) is 14.8. The van der Waals surface area contributed by atoms with Gasteiger partial charge in [-0.2, -0.15) is 0 Å². The second kappa shape index (κ2) is 10.7. The maximum atomic E-state index is 12.4. The molecule has 0 heterocycles. The molecule has 5 nitrogen and oxygen atoms in total. The third-order valence-electron chi connectivity index (χ3n) is 4.18. The zero-order chi connectivity index (χ0) is 18.2. The fourth-order valence-electron chi connectivity index (χ4n) is 2.75. The molecule has 0 saturated carbocycles. The van der Waals surface area contributed by atoms with E-state index in [4.69, 9.17) is 4.74 Å². The van der Waals surface area contributed by atoms with Crippen molar-refractivity contribution in [3.05, 3.63) is 71.8 Å². The van der Waals surface area contributed by atoms with E-state index in [0.717, 1.165) is 5.56 Å². The van der Waals surface area contributed by atoms with Crippen LogP contribution in [-0.2, 0) is 9.53 Å². The lowest BCUT2D eigenvalue weighted by Gasteiger charge is -2.22. The van der Waals surface area contributed by atoms with Gasteiger partial charge in [0.1, 0.15) is 12.1 Å². The lowest BCUT2D eigenvalue weighted by Crippen LogP contribution is -3.00. The molecular formula is C20H24ClNO4. The summed E-state index contributed by atoms with van der Waals surface area (Å²) >= 11 is 0. The summed E-state index contributed by atoms with van der Waals surface area (Å²) < 4.78 is 4.83. The van der Waals surface area contributed by atoms with E-state index in [9.17, 15) is 14.7 Å². The van der Waals surface area contributed by atoms with Crippen molar-refractivity contribution in [2.75, 3.05) is 7.11 Å². The number of hydrogen-bond donors (Lipinski definition) is 2. The molecule has 3 atom stereocenters. The van der Waals surface area contributed by atoms with Crippen molar-refractivity contribution in [3.8, 4) is 0 Å². The number of ketones is 1. The molecule has 2 aromatic rings. The molecule has 0 aromatic heterocycles. The highest BCUT2D eigenvalue weighted by molar-refractivity contribution is 5.98. The van der Waals surface area contributed by atoms with Gasteiger partial charge < -0.3 is 27.6 Å². The molecule has 0 spiro atoms. The maximum Gasteiger partial charge on any atom is 0.365 e. The van der Waals surface area contributed by atoms with Gasteiger partial charge in [0.05, 0.1) is 13.5 Å². The number of esters is 1. The number of aliphatic hydroxyl groups excluding tert-OH is 1. The summed E-state index contributed by atoms with van der Waals surface area (Å²) in [6.07, 6.45) is -0.733. The number of rotatable bonds is 8. The van der Waals surface area contributed by atoms with Gasteiger partial charge in [-0.05, 0) is 12.5 Å². The van der Waals surface area contributed by atoms with Gasteiger partial charge >= 0.3 is 5.97 Å². The number of aliphatic hydroxyl groups is 1. The molecule has 0 amide bonds. The summed E-state index contributed by atoms with van der Waals surface area (Å²) in [7, 11) is 1.30. The Bertz CT molecular complexity index is 693. The van der Waals surface area contributed by atoms with Crippen LogP contribution in [0, 0.1) is 0 Å². The maximum absolute atomic E-state index is 12.4. The normalized spacial score (nSPS) is 13.8. The largest absolute Gasteiger partial charge is 1.00 e. The number of nitrogens with two attached hydrogens (primary N) is 1. The third-order valence-corrected chi connectivity index (χ3v) is 4.18. The second-order valence-corrected chi connectivity index (χ2v) is 6.03. The van der Waals surface area contributed by atoms with Crippen LogP contribution in [0.3, 0.4) is 0 Å². The van der Waals surface area contributed by atoms with Crippen molar-refractivity contribution in [1.82, 2.24) is 0 Å². The van der Waals surface area contributed by atoms with Crippen LogP contribution in [0.25, 0.3) is 0 Å². The minimum atomic E-state index is -0.750. The van der Waals surface area contributed by atoms with Gasteiger partial charge in [0.15, 0.2) is 11.8 Å². The summed E-state index contributed by atoms with van der Waals surface area (Å²) in [6.45, 7) is 1.82. The zero-order valence-corrected chi connectivity index (χ0v) is 15.6. The molecule has 2 aromatic carbocycles. The number of carbonyl (C=O) groups is 2. The lowest BCUT2D eigenvalue weighted by molar-refractivity contribution is -0.714. The highest BCUT2D eigenvalue weighted by Gasteiger charge is 2.31. The lowest BCUT2D eigenvalue weighted by atomic mass is 10.00. The highest BCUT2D eigenvalue weighted by atomic mass is 35.5. The Kier molecular flexibility index (Phi) is 8.99.